The molecular weight excluding hydrogens is 256 g/mol. The van der Waals surface area contributed by atoms with Crippen LogP contribution in [0.5, 0.6) is 0 Å². The summed E-state index contributed by atoms with van der Waals surface area (Å²) in [4.78, 5) is 0. The van der Waals surface area contributed by atoms with Gasteiger partial charge in [0.2, 0.25) is 0 Å². The van der Waals surface area contributed by atoms with Gasteiger partial charge in [-0.3, -0.25) is 0 Å². The van der Waals surface area contributed by atoms with Crippen molar-refractivity contribution in [3.05, 3.63) is 72.8 Å². The van der Waals surface area contributed by atoms with E-state index < -0.39 is 8.80 Å². The smallest absolute Gasteiger partial charge is 0.0641 e. The summed E-state index contributed by atoms with van der Waals surface area (Å²) in [5, 5.41) is 3.12. The molecule has 1 heteroatoms. The zero-order valence-corrected chi connectivity index (χ0v) is 12.7. The molecule has 0 nitrogen and oxygen atoms in total. The molecule has 4 rings (SSSR count). The van der Waals surface area contributed by atoms with E-state index in [9.17, 15) is 0 Å². The molecule has 0 spiro atoms. The first-order chi connectivity index (χ1) is 9.86. The molecule has 0 aliphatic carbocycles. The molecule has 0 saturated carbocycles. The Morgan fingerprint density at radius 2 is 0.850 bits per heavy atom. The highest BCUT2D eigenvalue weighted by Gasteiger charge is 2.23. The minimum absolute atomic E-state index is 1.12. The quantitative estimate of drug-likeness (QED) is 0.551. The van der Waals surface area contributed by atoms with Gasteiger partial charge < -0.3 is 0 Å². The maximum atomic E-state index is 2.45. The van der Waals surface area contributed by atoms with Crippen molar-refractivity contribution in [1.29, 1.82) is 0 Å². The van der Waals surface area contributed by atoms with E-state index in [1.807, 2.05) is 0 Å². The van der Waals surface area contributed by atoms with E-state index in [4.69, 9.17) is 0 Å². The largest absolute Gasteiger partial charge is 0.101 e. The maximum Gasteiger partial charge on any atom is 0.101 e. The van der Waals surface area contributed by atoms with Crippen LogP contribution in [0.25, 0.3) is 22.3 Å². The minimum atomic E-state index is -1.12. The van der Waals surface area contributed by atoms with Crippen molar-refractivity contribution in [3.8, 4) is 22.3 Å². The molecule has 20 heavy (non-hydrogen) atoms. The fourth-order valence-electron chi connectivity index (χ4n) is 3.36. The van der Waals surface area contributed by atoms with Crippen molar-refractivity contribution >= 4 is 19.2 Å². The van der Waals surface area contributed by atoms with E-state index in [1.165, 1.54) is 22.3 Å². The maximum absolute atomic E-state index is 2.45. The highest BCUT2D eigenvalue weighted by atomic mass is 28.3. The van der Waals surface area contributed by atoms with Gasteiger partial charge in [0, 0.05) is 0 Å². The number of benzene rings is 3. The first kappa shape index (κ1) is 11.7. The summed E-state index contributed by atoms with van der Waals surface area (Å²) in [5.41, 5.74) is 5.62. The molecule has 1 heterocycles. The van der Waals surface area contributed by atoms with E-state index in [1.54, 1.807) is 10.4 Å². The van der Waals surface area contributed by atoms with Crippen LogP contribution in [-0.2, 0) is 0 Å². The average Bonchev–Trinajstić information content (AvgIpc) is 2.64. The third-order valence-corrected chi connectivity index (χ3v) is 7.23. The molecule has 0 radical (unpaired) electrons. The number of hydrogen-bond acceptors (Lipinski definition) is 0. The van der Waals surface area contributed by atoms with Crippen LogP contribution in [0.15, 0.2) is 72.8 Å². The molecule has 3 aromatic carbocycles. The van der Waals surface area contributed by atoms with Crippen LogP contribution >= 0.6 is 0 Å². The van der Waals surface area contributed by atoms with Gasteiger partial charge in [0.15, 0.2) is 0 Å². The molecule has 0 unspecified atom stereocenters. The zero-order chi connectivity index (χ0) is 13.5. The predicted molar refractivity (Wildman–Crippen MR) is 89.6 cm³/mol. The standard InChI is InChI=1S/C19H16Si/c1-20-18-12-6-4-10-16(18)14-8-2-3-9-15(14)17-11-5-7-13-19(17)20/h2-13,20H,1H3. The molecule has 96 valence electrons. The van der Waals surface area contributed by atoms with Crippen molar-refractivity contribution in [2.24, 2.45) is 0 Å². The summed E-state index contributed by atoms with van der Waals surface area (Å²) in [6.07, 6.45) is 0. The first-order valence-corrected chi connectivity index (χ1v) is 9.45. The highest BCUT2D eigenvalue weighted by Crippen LogP contribution is 2.32. The summed E-state index contributed by atoms with van der Waals surface area (Å²) in [7, 11) is -1.12. The van der Waals surface area contributed by atoms with Gasteiger partial charge in [-0.15, -0.1) is 0 Å². The fourth-order valence-corrected chi connectivity index (χ4v) is 5.93. The second-order valence-electron chi connectivity index (χ2n) is 5.44. The lowest BCUT2D eigenvalue weighted by Gasteiger charge is -2.13. The molecule has 0 bridgehead atoms. The molecule has 0 fully saturated rings. The lowest BCUT2D eigenvalue weighted by molar-refractivity contribution is 1.62. The lowest BCUT2D eigenvalue weighted by atomic mass is 9.95. The van der Waals surface area contributed by atoms with Crippen LogP contribution in [-0.4, -0.2) is 8.80 Å². The Kier molecular flexibility index (Phi) is 2.61. The summed E-state index contributed by atoms with van der Waals surface area (Å²) < 4.78 is 0. The molecule has 0 aromatic heterocycles. The predicted octanol–water partition coefficient (Wildman–Crippen LogP) is 3.31. The van der Waals surface area contributed by atoms with Crippen molar-refractivity contribution in [2.75, 3.05) is 0 Å². The summed E-state index contributed by atoms with van der Waals surface area (Å²) >= 11 is 0. The Balaban J connectivity index is 2.17. The monoisotopic (exact) mass is 272 g/mol. The van der Waals surface area contributed by atoms with Crippen LogP contribution in [0.2, 0.25) is 6.55 Å². The first-order valence-electron chi connectivity index (χ1n) is 7.14. The van der Waals surface area contributed by atoms with E-state index in [2.05, 4.69) is 79.3 Å². The second kappa shape index (κ2) is 4.46. The SMILES string of the molecule is C[SiH]1c2ccccc2-c2ccccc2-c2ccccc21. The van der Waals surface area contributed by atoms with E-state index in [0.717, 1.165) is 0 Å². The average molecular weight is 272 g/mol. The van der Waals surface area contributed by atoms with E-state index >= 15 is 0 Å². The Morgan fingerprint density at radius 3 is 1.30 bits per heavy atom. The topological polar surface area (TPSA) is 0 Å². The highest BCUT2D eigenvalue weighted by molar-refractivity contribution is 6.86. The lowest BCUT2D eigenvalue weighted by Crippen LogP contribution is -2.40. The molecule has 0 atom stereocenters. The van der Waals surface area contributed by atoms with Crippen molar-refractivity contribution in [2.45, 2.75) is 6.55 Å². The molecule has 0 N–H and O–H groups in total. The van der Waals surface area contributed by atoms with Crippen LogP contribution < -0.4 is 10.4 Å². The van der Waals surface area contributed by atoms with Crippen molar-refractivity contribution in [3.63, 3.8) is 0 Å². The number of rotatable bonds is 0. The van der Waals surface area contributed by atoms with Crippen LogP contribution in [0.4, 0.5) is 0 Å². The third kappa shape index (κ3) is 1.60. The number of fused-ring (bicyclic) bond motifs is 5. The summed E-state index contributed by atoms with van der Waals surface area (Å²) in [5.74, 6) is 0. The Morgan fingerprint density at radius 1 is 0.500 bits per heavy atom. The molecule has 1 aliphatic rings. The van der Waals surface area contributed by atoms with Crippen molar-refractivity contribution < 1.29 is 0 Å². The zero-order valence-electron chi connectivity index (χ0n) is 11.5. The van der Waals surface area contributed by atoms with E-state index in [0.29, 0.717) is 0 Å². The molecule has 0 saturated heterocycles. The Bertz CT molecular complexity index is 723. The Hall–Kier alpha value is -2.12. The summed E-state index contributed by atoms with van der Waals surface area (Å²) in [6.45, 7) is 2.45. The normalized spacial score (nSPS) is 13.1. The van der Waals surface area contributed by atoms with Gasteiger partial charge in [-0.05, 0) is 22.3 Å². The van der Waals surface area contributed by atoms with Crippen molar-refractivity contribution in [1.82, 2.24) is 0 Å². The molecule has 1 aliphatic heterocycles. The second-order valence-corrected chi connectivity index (χ2v) is 8.13. The molecule has 0 amide bonds. The third-order valence-electron chi connectivity index (χ3n) is 4.36. The van der Waals surface area contributed by atoms with Gasteiger partial charge in [0.05, 0.1) is 0 Å². The molecular formula is C19H16Si. The van der Waals surface area contributed by atoms with E-state index in [-0.39, 0.29) is 0 Å². The number of hydrogen-bond donors (Lipinski definition) is 0. The molecule has 3 aromatic rings. The van der Waals surface area contributed by atoms with Crippen LogP contribution in [0.1, 0.15) is 0 Å². The van der Waals surface area contributed by atoms with Crippen LogP contribution in [0.3, 0.4) is 0 Å². The summed E-state index contributed by atoms with van der Waals surface area (Å²) in [6, 6.07) is 26.7. The fraction of sp³-hybridized carbons (Fsp3) is 0.0526. The van der Waals surface area contributed by atoms with Crippen LogP contribution in [0, 0.1) is 0 Å². The van der Waals surface area contributed by atoms with Gasteiger partial charge in [-0.1, -0.05) is 89.7 Å². The van der Waals surface area contributed by atoms with Gasteiger partial charge in [0.1, 0.15) is 8.80 Å². The van der Waals surface area contributed by atoms with Gasteiger partial charge in [-0.2, -0.15) is 0 Å². The Labute approximate surface area is 121 Å². The van der Waals surface area contributed by atoms with Gasteiger partial charge >= 0.3 is 0 Å². The van der Waals surface area contributed by atoms with Gasteiger partial charge in [-0.25, -0.2) is 0 Å². The minimum Gasteiger partial charge on any atom is -0.0641 e. The van der Waals surface area contributed by atoms with Gasteiger partial charge in [0.25, 0.3) is 0 Å².